The Labute approximate surface area is 120 Å². The summed E-state index contributed by atoms with van der Waals surface area (Å²) in [7, 11) is 0. The highest BCUT2D eigenvalue weighted by atomic mass is 16.5. The molecule has 0 spiro atoms. The summed E-state index contributed by atoms with van der Waals surface area (Å²) in [6, 6.07) is 7.77. The third kappa shape index (κ3) is 3.31. The first-order valence-electron chi connectivity index (χ1n) is 7.27. The van der Waals surface area contributed by atoms with Crippen LogP contribution in [0.2, 0.25) is 0 Å². The first-order valence-corrected chi connectivity index (χ1v) is 7.27. The van der Waals surface area contributed by atoms with Gasteiger partial charge in [0.1, 0.15) is 5.75 Å². The van der Waals surface area contributed by atoms with Gasteiger partial charge in [-0.3, -0.25) is 4.79 Å². The van der Waals surface area contributed by atoms with E-state index in [4.69, 9.17) is 10.5 Å². The quantitative estimate of drug-likeness (QED) is 0.868. The van der Waals surface area contributed by atoms with Crippen LogP contribution in [0.3, 0.4) is 0 Å². The maximum atomic E-state index is 12.1. The van der Waals surface area contributed by atoms with Gasteiger partial charge in [0.25, 0.3) is 0 Å². The topological polar surface area (TPSA) is 64.3 Å². The van der Waals surface area contributed by atoms with Crippen molar-refractivity contribution in [1.29, 1.82) is 0 Å². The molecular weight excluding hydrogens is 252 g/mol. The van der Waals surface area contributed by atoms with Crippen LogP contribution in [0.25, 0.3) is 0 Å². The van der Waals surface area contributed by atoms with E-state index in [2.05, 4.69) is 5.32 Å². The highest BCUT2D eigenvalue weighted by molar-refractivity contribution is 5.87. The van der Waals surface area contributed by atoms with Gasteiger partial charge in [0.15, 0.2) is 0 Å². The Bertz CT molecular complexity index is 464. The molecule has 1 amide bonds. The molecule has 1 aromatic carbocycles. The molecule has 1 aliphatic rings. The zero-order chi connectivity index (χ0) is 14.8. The Morgan fingerprint density at radius 1 is 1.25 bits per heavy atom. The van der Waals surface area contributed by atoms with E-state index >= 15 is 0 Å². The van der Waals surface area contributed by atoms with E-state index in [1.54, 1.807) is 0 Å². The molecule has 4 heteroatoms. The van der Waals surface area contributed by atoms with Crippen molar-refractivity contribution in [2.75, 3.05) is 0 Å². The second-order valence-electron chi connectivity index (χ2n) is 5.94. The Kier molecular flexibility index (Phi) is 4.33. The van der Waals surface area contributed by atoms with Gasteiger partial charge in [0.05, 0.1) is 17.7 Å². The van der Waals surface area contributed by atoms with Crippen LogP contribution in [0.1, 0.15) is 51.6 Å². The Morgan fingerprint density at radius 2 is 1.85 bits per heavy atom. The van der Waals surface area contributed by atoms with Crippen molar-refractivity contribution < 1.29 is 9.53 Å². The summed E-state index contributed by atoms with van der Waals surface area (Å²) in [5.41, 5.74) is 6.43. The summed E-state index contributed by atoms with van der Waals surface area (Å²) < 4.78 is 5.60. The van der Waals surface area contributed by atoms with Crippen molar-refractivity contribution in [3.05, 3.63) is 29.8 Å². The van der Waals surface area contributed by atoms with Crippen molar-refractivity contribution in [2.45, 2.75) is 57.7 Å². The average Bonchev–Trinajstić information content (AvgIpc) is 2.35. The third-order valence-corrected chi connectivity index (χ3v) is 3.80. The molecule has 3 N–H and O–H groups in total. The number of ether oxygens (including phenoxy) is 1. The minimum atomic E-state index is -0.644. The zero-order valence-corrected chi connectivity index (χ0v) is 12.5. The minimum absolute atomic E-state index is 0.0428. The highest BCUT2D eigenvalue weighted by Crippen LogP contribution is 2.30. The summed E-state index contributed by atoms with van der Waals surface area (Å²) in [4.78, 5) is 12.1. The lowest BCUT2D eigenvalue weighted by molar-refractivity contribution is -0.129. The molecule has 0 aliphatic heterocycles. The summed E-state index contributed by atoms with van der Waals surface area (Å²) in [5.74, 6) is 0.801. The number of rotatable bonds is 5. The summed E-state index contributed by atoms with van der Waals surface area (Å²) in [6.45, 7) is 5.96. The summed E-state index contributed by atoms with van der Waals surface area (Å²) in [6.07, 6.45) is 2.77. The van der Waals surface area contributed by atoms with Crippen molar-refractivity contribution >= 4 is 5.91 Å². The fourth-order valence-electron chi connectivity index (χ4n) is 2.32. The molecule has 1 aliphatic carbocycles. The van der Waals surface area contributed by atoms with Crippen LogP contribution in [0.5, 0.6) is 5.75 Å². The van der Waals surface area contributed by atoms with Gasteiger partial charge in [-0.2, -0.15) is 0 Å². The molecule has 0 heterocycles. The van der Waals surface area contributed by atoms with Gasteiger partial charge in [-0.15, -0.1) is 0 Å². The maximum absolute atomic E-state index is 12.1. The van der Waals surface area contributed by atoms with Gasteiger partial charge in [0.2, 0.25) is 5.91 Å². The van der Waals surface area contributed by atoms with Crippen LogP contribution in [0.4, 0.5) is 0 Å². The van der Waals surface area contributed by atoms with Crippen LogP contribution in [0, 0.1) is 0 Å². The Balaban J connectivity index is 1.95. The third-order valence-electron chi connectivity index (χ3n) is 3.80. The fourth-order valence-corrected chi connectivity index (χ4v) is 2.32. The number of hydrogen-bond acceptors (Lipinski definition) is 3. The van der Waals surface area contributed by atoms with E-state index in [9.17, 15) is 4.79 Å². The summed E-state index contributed by atoms with van der Waals surface area (Å²) >= 11 is 0. The van der Waals surface area contributed by atoms with Crippen molar-refractivity contribution in [3.63, 3.8) is 0 Å². The predicted octanol–water partition coefficient (Wildman–Crippen LogP) is 2.53. The predicted molar refractivity (Wildman–Crippen MR) is 79.5 cm³/mol. The van der Waals surface area contributed by atoms with E-state index in [1.807, 2.05) is 45.0 Å². The number of carbonyl (C=O) groups excluding carboxylic acids is 1. The van der Waals surface area contributed by atoms with E-state index < -0.39 is 5.54 Å². The number of carbonyl (C=O) groups is 1. The molecule has 1 atom stereocenters. The van der Waals surface area contributed by atoms with Gasteiger partial charge >= 0.3 is 0 Å². The van der Waals surface area contributed by atoms with E-state index in [0.29, 0.717) is 0 Å². The lowest BCUT2D eigenvalue weighted by Crippen LogP contribution is -2.58. The standard InChI is InChI=1S/C16H24N2O2/c1-11(2)20-14-7-5-13(6-8-14)12(3)18-15(19)16(17)9-4-10-16/h5-8,11-12H,4,9-10,17H2,1-3H3,(H,18,19). The normalized spacial score (nSPS) is 18.2. The van der Waals surface area contributed by atoms with Crippen molar-refractivity contribution in [1.82, 2.24) is 5.32 Å². The molecule has 4 nitrogen and oxygen atoms in total. The first-order chi connectivity index (χ1) is 9.40. The van der Waals surface area contributed by atoms with Gasteiger partial charge < -0.3 is 15.8 Å². The van der Waals surface area contributed by atoms with Gasteiger partial charge in [-0.05, 0) is 57.7 Å². The number of nitrogens with two attached hydrogens (primary N) is 1. The first kappa shape index (κ1) is 14.9. The van der Waals surface area contributed by atoms with Crippen molar-refractivity contribution in [3.8, 4) is 5.75 Å². The molecule has 1 saturated carbocycles. The monoisotopic (exact) mass is 276 g/mol. The molecule has 20 heavy (non-hydrogen) atoms. The van der Waals surface area contributed by atoms with Crippen LogP contribution in [-0.4, -0.2) is 17.6 Å². The van der Waals surface area contributed by atoms with Crippen LogP contribution in [-0.2, 0) is 4.79 Å². The average molecular weight is 276 g/mol. The molecule has 0 saturated heterocycles. The minimum Gasteiger partial charge on any atom is -0.491 e. The maximum Gasteiger partial charge on any atom is 0.240 e. The molecule has 1 unspecified atom stereocenters. The molecular formula is C16H24N2O2. The fraction of sp³-hybridized carbons (Fsp3) is 0.562. The SMILES string of the molecule is CC(C)Oc1ccc(C(C)NC(=O)C2(N)CCC2)cc1. The van der Waals surface area contributed by atoms with Gasteiger partial charge in [-0.1, -0.05) is 12.1 Å². The second kappa shape index (κ2) is 5.83. The number of benzene rings is 1. The lowest BCUT2D eigenvalue weighted by Gasteiger charge is -2.37. The van der Waals surface area contributed by atoms with Crippen LogP contribution >= 0.6 is 0 Å². The van der Waals surface area contributed by atoms with E-state index in [1.165, 1.54) is 0 Å². The van der Waals surface area contributed by atoms with Gasteiger partial charge in [0, 0.05) is 0 Å². The molecule has 0 bridgehead atoms. The molecule has 0 radical (unpaired) electrons. The molecule has 2 rings (SSSR count). The molecule has 0 aromatic heterocycles. The van der Waals surface area contributed by atoms with Gasteiger partial charge in [-0.25, -0.2) is 0 Å². The van der Waals surface area contributed by atoms with Crippen LogP contribution < -0.4 is 15.8 Å². The molecule has 110 valence electrons. The van der Waals surface area contributed by atoms with E-state index in [-0.39, 0.29) is 18.1 Å². The lowest BCUT2D eigenvalue weighted by atomic mass is 9.77. The smallest absolute Gasteiger partial charge is 0.240 e. The van der Waals surface area contributed by atoms with Crippen LogP contribution in [0.15, 0.2) is 24.3 Å². The summed E-state index contributed by atoms with van der Waals surface area (Å²) in [5, 5.41) is 2.99. The Hall–Kier alpha value is -1.55. The van der Waals surface area contributed by atoms with E-state index in [0.717, 1.165) is 30.6 Å². The Morgan fingerprint density at radius 3 is 2.30 bits per heavy atom. The zero-order valence-electron chi connectivity index (χ0n) is 12.5. The molecule has 1 fully saturated rings. The number of nitrogens with one attached hydrogen (secondary N) is 1. The molecule has 1 aromatic rings. The second-order valence-corrected chi connectivity index (χ2v) is 5.94. The largest absolute Gasteiger partial charge is 0.491 e. The number of amides is 1. The highest BCUT2D eigenvalue weighted by Gasteiger charge is 2.40. The van der Waals surface area contributed by atoms with Crippen molar-refractivity contribution in [2.24, 2.45) is 5.73 Å². The number of hydrogen-bond donors (Lipinski definition) is 2.